The Labute approximate surface area is 103 Å². The first-order valence-corrected chi connectivity index (χ1v) is 6.44. The highest BCUT2D eigenvalue weighted by molar-refractivity contribution is 5.95. The summed E-state index contributed by atoms with van der Waals surface area (Å²) in [5, 5.41) is 10.00. The van der Waals surface area contributed by atoms with Crippen molar-refractivity contribution in [2.75, 3.05) is 0 Å². The van der Waals surface area contributed by atoms with Crippen molar-refractivity contribution in [1.29, 1.82) is 0 Å². The van der Waals surface area contributed by atoms with Gasteiger partial charge in [0.2, 0.25) is 0 Å². The number of ketones is 1. The van der Waals surface area contributed by atoms with Gasteiger partial charge in [-0.25, -0.2) is 0 Å². The maximum absolute atomic E-state index is 11.6. The van der Waals surface area contributed by atoms with Crippen molar-refractivity contribution in [2.24, 2.45) is 17.3 Å². The molecule has 2 aliphatic rings. The smallest absolute Gasteiger partial charge is 0.184 e. The highest BCUT2D eigenvalue weighted by Crippen LogP contribution is 2.55. The van der Waals surface area contributed by atoms with E-state index in [0.29, 0.717) is 5.92 Å². The highest BCUT2D eigenvalue weighted by atomic mass is 16.3. The summed E-state index contributed by atoms with van der Waals surface area (Å²) >= 11 is 0. The van der Waals surface area contributed by atoms with Crippen molar-refractivity contribution in [1.82, 2.24) is 0 Å². The van der Waals surface area contributed by atoms with Crippen LogP contribution < -0.4 is 0 Å². The summed E-state index contributed by atoms with van der Waals surface area (Å²) in [5.41, 5.74) is 2.41. The van der Waals surface area contributed by atoms with Crippen molar-refractivity contribution >= 4 is 5.78 Å². The Morgan fingerprint density at radius 3 is 2.76 bits per heavy atom. The Morgan fingerprint density at radius 2 is 2.24 bits per heavy atom. The van der Waals surface area contributed by atoms with Crippen LogP contribution in [-0.2, 0) is 4.79 Å². The molecule has 2 rings (SSSR count). The summed E-state index contributed by atoms with van der Waals surface area (Å²) < 4.78 is 0. The Bertz CT molecular complexity index is 394. The SMILES string of the molecule is C=C(C)[C@@H]1CC[C@@]2(C1)C(C)=CC(=O)[C@@H](O)[C@H]2C. The van der Waals surface area contributed by atoms with Crippen molar-refractivity contribution in [3.8, 4) is 0 Å². The normalized spacial score (nSPS) is 41.8. The van der Waals surface area contributed by atoms with Gasteiger partial charge in [0.1, 0.15) is 6.10 Å². The predicted molar refractivity (Wildman–Crippen MR) is 68.5 cm³/mol. The van der Waals surface area contributed by atoms with Crippen LogP contribution in [0.15, 0.2) is 23.8 Å². The molecule has 0 heterocycles. The molecular weight excluding hydrogens is 212 g/mol. The molecule has 0 aliphatic heterocycles. The fourth-order valence-electron chi connectivity index (χ4n) is 3.62. The van der Waals surface area contributed by atoms with E-state index in [-0.39, 0.29) is 17.1 Å². The van der Waals surface area contributed by atoms with Gasteiger partial charge in [0, 0.05) is 0 Å². The standard InChI is InChI=1S/C15H22O2/c1-9(2)12-5-6-15(8-12)10(3)7-13(16)14(17)11(15)4/h7,11-12,14,17H,1,5-6,8H2,2-4H3/t11-,12-,14+,15-/m1/s1. The summed E-state index contributed by atoms with van der Waals surface area (Å²) in [6, 6.07) is 0. The Balaban J connectivity index is 2.34. The minimum atomic E-state index is -0.817. The van der Waals surface area contributed by atoms with E-state index >= 15 is 0 Å². The van der Waals surface area contributed by atoms with Crippen LogP contribution in [0.1, 0.15) is 40.0 Å². The largest absolute Gasteiger partial charge is 0.385 e. The van der Waals surface area contributed by atoms with E-state index in [1.807, 2.05) is 13.8 Å². The fourth-order valence-corrected chi connectivity index (χ4v) is 3.62. The van der Waals surface area contributed by atoms with Gasteiger partial charge in [0.25, 0.3) is 0 Å². The molecule has 0 amide bonds. The first-order valence-electron chi connectivity index (χ1n) is 6.44. The summed E-state index contributed by atoms with van der Waals surface area (Å²) in [4.78, 5) is 11.6. The van der Waals surface area contributed by atoms with Crippen molar-refractivity contribution in [3.63, 3.8) is 0 Å². The summed E-state index contributed by atoms with van der Waals surface area (Å²) in [5.74, 6) is 0.449. The predicted octanol–water partition coefficient (Wildman–Crippen LogP) is 2.88. The lowest BCUT2D eigenvalue weighted by molar-refractivity contribution is -0.128. The summed E-state index contributed by atoms with van der Waals surface area (Å²) in [7, 11) is 0. The molecule has 4 atom stereocenters. The van der Waals surface area contributed by atoms with Crippen molar-refractivity contribution in [3.05, 3.63) is 23.8 Å². The second kappa shape index (κ2) is 4.09. The van der Waals surface area contributed by atoms with Crippen LogP contribution in [0, 0.1) is 17.3 Å². The number of aliphatic hydroxyl groups excluding tert-OH is 1. The lowest BCUT2D eigenvalue weighted by atomic mass is 9.63. The molecule has 2 aliphatic carbocycles. The number of hydrogen-bond acceptors (Lipinski definition) is 2. The summed E-state index contributed by atoms with van der Waals surface area (Å²) in [6.45, 7) is 10.2. The van der Waals surface area contributed by atoms with Gasteiger partial charge in [0.15, 0.2) is 5.78 Å². The number of aliphatic hydroxyl groups is 1. The lowest BCUT2D eigenvalue weighted by Gasteiger charge is -2.42. The summed E-state index contributed by atoms with van der Waals surface area (Å²) in [6.07, 6.45) is 4.08. The monoisotopic (exact) mass is 234 g/mol. The molecule has 0 radical (unpaired) electrons. The van der Waals surface area contributed by atoms with E-state index in [0.717, 1.165) is 24.8 Å². The molecule has 2 heteroatoms. The van der Waals surface area contributed by atoms with Crippen LogP contribution in [0.4, 0.5) is 0 Å². The van der Waals surface area contributed by atoms with Gasteiger partial charge in [-0.1, -0.05) is 24.6 Å². The topological polar surface area (TPSA) is 37.3 Å². The quantitative estimate of drug-likeness (QED) is 0.708. The van der Waals surface area contributed by atoms with Crippen LogP contribution in [0.3, 0.4) is 0 Å². The molecule has 0 saturated heterocycles. The molecule has 0 aromatic carbocycles. The average Bonchev–Trinajstić information content (AvgIpc) is 2.71. The highest BCUT2D eigenvalue weighted by Gasteiger charge is 2.50. The molecule has 0 unspecified atom stereocenters. The number of allylic oxidation sites excluding steroid dienone is 2. The maximum Gasteiger partial charge on any atom is 0.184 e. The van der Waals surface area contributed by atoms with Crippen molar-refractivity contribution in [2.45, 2.75) is 46.1 Å². The molecule has 1 fully saturated rings. The zero-order valence-corrected chi connectivity index (χ0v) is 11.0. The first kappa shape index (κ1) is 12.6. The van der Waals surface area contributed by atoms with E-state index < -0.39 is 6.10 Å². The minimum Gasteiger partial charge on any atom is -0.385 e. The van der Waals surface area contributed by atoms with E-state index in [4.69, 9.17) is 0 Å². The molecular formula is C15H22O2. The van der Waals surface area contributed by atoms with Gasteiger partial charge in [-0.2, -0.15) is 0 Å². The zero-order chi connectivity index (χ0) is 12.8. The van der Waals surface area contributed by atoms with Gasteiger partial charge < -0.3 is 5.11 Å². The van der Waals surface area contributed by atoms with E-state index in [1.54, 1.807) is 6.08 Å². The number of rotatable bonds is 1. The minimum absolute atomic E-state index is 0.0247. The molecule has 2 nitrogen and oxygen atoms in total. The van der Waals surface area contributed by atoms with Gasteiger partial charge in [0.05, 0.1) is 0 Å². The first-order chi connectivity index (χ1) is 7.88. The van der Waals surface area contributed by atoms with Crippen molar-refractivity contribution < 1.29 is 9.90 Å². The number of hydrogen-bond donors (Lipinski definition) is 1. The molecule has 1 saturated carbocycles. The Kier molecular flexibility index (Phi) is 3.03. The third-order valence-electron chi connectivity index (χ3n) is 5.03. The van der Waals surface area contributed by atoms with Gasteiger partial charge >= 0.3 is 0 Å². The van der Waals surface area contributed by atoms with Gasteiger partial charge in [-0.15, -0.1) is 0 Å². The lowest BCUT2D eigenvalue weighted by Crippen LogP contribution is -2.43. The number of carbonyl (C=O) groups excluding carboxylic acids is 1. The van der Waals surface area contributed by atoms with E-state index in [2.05, 4.69) is 13.5 Å². The van der Waals surface area contributed by atoms with Crippen LogP contribution in [0.25, 0.3) is 0 Å². The van der Waals surface area contributed by atoms with Crippen LogP contribution >= 0.6 is 0 Å². The van der Waals surface area contributed by atoms with Gasteiger partial charge in [-0.05, 0) is 56.4 Å². The molecule has 0 aromatic rings. The van der Waals surface area contributed by atoms with Crippen LogP contribution in [-0.4, -0.2) is 17.0 Å². The molecule has 94 valence electrons. The number of carbonyl (C=O) groups is 1. The average molecular weight is 234 g/mol. The third kappa shape index (κ3) is 1.79. The molecule has 1 N–H and O–H groups in total. The molecule has 1 spiro atoms. The van der Waals surface area contributed by atoms with Crippen LogP contribution in [0.2, 0.25) is 0 Å². The Hall–Kier alpha value is -0.890. The molecule has 0 aromatic heterocycles. The zero-order valence-electron chi connectivity index (χ0n) is 11.0. The second-order valence-electron chi connectivity index (χ2n) is 5.91. The van der Waals surface area contributed by atoms with E-state index in [1.165, 1.54) is 5.57 Å². The van der Waals surface area contributed by atoms with Crippen LogP contribution in [0.5, 0.6) is 0 Å². The second-order valence-corrected chi connectivity index (χ2v) is 5.91. The maximum atomic E-state index is 11.6. The third-order valence-corrected chi connectivity index (χ3v) is 5.03. The molecule has 0 bridgehead atoms. The van der Waals surface area contributed by atoms with Gasteiger partial charge in [-0.3, -0.25) is 4.79 Å². The van der Waals surface area contributed by atoms with E-state index in [9.17, 15) is 9.90 Å². The Morgan fingerprint density at radius 1 is 1.59 bits per heavy atom. The fraction of sp³-hybridized carbons (Fsp3) is 0.667. The molecule has 17 heavy (non-hydrogen) atoms.